The molecule has 0 saturated carbocycles. The van der Waals surface area contributed by atoms with E-state index in [2.05, 4.69) is 5.32 Å². The molecule has 39 heavy (non-hydrogen) atoms. The summed E-state index contributed by atoms with van der Waals surface area (Å²) in [5, 5.41) is 3.15. The van der Waals surface area contributed by atoms with Crippen molar-refractivity contribution in [3.63, 3.8) is 0 Å². The van der Waals surface area contributed by atoms with Gasteiger partial charge in [-0.2, -0.15) is 0 Å². The van der Waals surface area contributed by atoms with E-state index in [1.54, 1.807) is 37.3 Å². The molecule has 0 aliphatic carbocycles. The highest BCUT2D eigenvalue weighted by Crippen LogP contribution is 2.30. The van der Waals surface area contributed by atoms with Gasteiger partial charge in [0.25, 0.3) is 10.0 Å². The van der Waals surface area contributed by atoms with Gasteiger partial charge in [0.15, 0.2) is 0 Å². The minimum atomic E-state index is -4.15. The van der Waals surface area contributed by atoms with Crippen LogP contribution in [-0.2, 0) is 26.2 Å². The maximum absolute atomic E-state index is 14.0. The minimum absolute atomic E-state index is 0.0566. The number of amides is 2. The van der Waals surface area contributed by atoms with Crippen molar-refractivity contribution < 1.29 is 18.0 Å². The van der Waals surface area contributed by atoms with E-state index in [4.69, 9.17) is 11.6 Å². The van der Waals surface area contributed by atoms with E-state index >= 15 is 0 Å². The Morgan fingerprint density at radius 1 is 0.897 bits per heavy atom. The van der Waals surface area contributed by atoms with Gasteiger partial charge in [0, 0.05) is 18.1 Å². The number of hydrogen-bond acceptors (Lipinski definition) is 4. The van der Waals surface area contributed by atoms with Gasteiger partial charge in [-0.05, 0) is 69.5 Å². The molecule has 0 aliphatic rings. The summed E-state index contributed by atoms with van der Waals surface area (Å²) in [4.78, 5) is 28.6. The van der Waals surface area contributed by atoms with E-state index in [0.717, 1.165) is 21.0 Å². The van der Waals surface area contributed by atoms with Crippen LogP contribution in [0.25, 0.3) is 0 Å². The Kier molecular flexibility index (Phi) is 10.2. The highest BCUT2D eigenvalue weighted by atomic mass is 35.5. The third kappa shape index (κ3) is 7.40. The number of nitrogens with zero attached hydrogens (tertiary/aromatic N) is 2. The highest BCUT2D eigenvalue weighted by molar-refractivity contribution is 7.92. The van der Waals surface area contributed by atoms with Crippen molar-refractivity contribution >= 4 is 39.1 Å². The molecule has 0 unspecified atom stereocenters. The molecule has 0 bridgehead atoms. The quantitative estimate of drug-likeness (QED) is 0.335. The monoisotopic (exact) mass is 569 g/mol. The molecular weight excluding hydrogens is 534 g/mol. The van der Waals surface area contributed by atoms with Gasteiger partial charge in [-0.1, -0.05) is 72.1 Å². The SMILES string of the molecule is CCNC(=O)[C@@H](CC)N(Cc1ccc(C)cc1)C(=O)CN(c1cc(Cl)ccc1C)S(=O)(=O)c1ccc(C)cc1. The molecule has 7 nitrogen and oxygen atoms in total. The molecule has 9 heteroatoms. The highest BCUT2D eigenvalue weighted by Gasteiger charge is 2.34. The van der Waals surface area contributed by atoms with Gasteiger partial charge < -0.3 is 10.2 Å². The normalized spacial score (nSPS) is 12.1. The number of halogens is 1. The van der Waals surface area contributed by atoms with Gasteiger partial charge >= 0.3 is 0 Å². The molecule has 0 aromatic heterocycles. The first-order valence-corrected chi connectivity index (χ1v) is 14.8. The van der Waals surface area contributed by atoms with Crippen LogP contribution in [0, 0.1) is 20.8 Å². The van der Waals surface area contributed by atoms with Crippen molar-refractivity contribution in [1.29, 1.82) is 0 Å². The number of hydrogen-bond donors (Lipinski definition) is 1. The lowest BCUT2D eigenvalue weighted by atomic mass is 10.1. The summed E-state index contributed by atoms with van der Waals surface area (Å²) >= 11 is 6.28. The number of likely N-dealkylation sites (N-methyl/N-ethyl adjacent to an activating group) is 1. The van der Waals surface area contributed by atoms with Crippen LogP contribution >= 0.6 is 11.6 Å². The second-order valence-electron chi connectivity index (χ2n) is 9.58. The number of rotatable bonds is 11. The van der Waals surface area contributed by atoms with Crippen LogP contribution in [0.2, 0.25) is 5.02 Å². The van der Waals surface area contributed by atoms with Crippen LogP contribution in [0.15, 0.2) is 71.6 Å². The zero-order valence-electron chi connectivity index (χ0n) is 23.1. The number of aryl methyl sites for hydroxylation is 3. The van der Waals surface area contributed by atoms with Gasteiger partial charge in [-0.15, -0.1) is 0 Å². The lowest BCUT2D eigenvalue weighted by Crippen LogP contribution is -2.52. The van der Waals surface area contributed by atoms with Crippen LogP contribution in [0.3, 0.4) is 0 Å². The number of benzene rings is 3. The maximum Gasteiger partial charge on any atom is 0.264 e. The second kappa shape index (κ2) is 13.1. The average molecular weight is 570 g/mol. The fourth-order valence-electron chi connectivity index (χ4n) is 4.30. The number of carbonyl (C=O) groups excluding carboxylic acids is 2. The first-order valence-electron chi connectivity index (χ1n) is 13.0. The second-order valence-corrected chi connectivity index (χ2v) is 11.9. The Bertz CT molecular complexity index is 1410. The summed E-state index contributed by atoms with van der Waals surface area (Å²) in [7, 11) is -4.15. The molecule has 3 aromatic rings. The van der Waals surface area contributed by atoms with Gasteiger partial charge in [-0.25, -0.2) is 8.42 Å². The average Bonchev–Trinajstić information content (AvgIpc) is 2.90. The summed E-state index contributed by atoms with van der Waals surface area (Å²) in [6.45, 7) is 9.32. The van der Waals surface area contributed by atoms with Crippen LogP contribution < -0.4 is 9.62 Å². The van der Waals surface area contributed by atoms with E-state index in [1.807, 2.05) is 52.0 Å². The fourth-order valence-corrected chi connectivity index (χ4v) is 5.94. The van der Waals surface area contributed by atoms with Crippen molar-refractivity contribution in [3.05, 3.63) is 94.0 Å². The van der Waals surface area contributed by atoms with Crippen LogP contribution in [-0.4, -0.2) is 44.3 Å². The van der Waals surface area contributed by atoms with Crippen molar-refractivity contribution in [1.82, 2.24) is 10.2 Å². The molecule has 0 aliphatic heterocycles. The Balaban J connectivity index is 2.10. The molecular formula is C30H36ClN3O4S. The zero-order chi connectivity index (χ0) is 28.7. The van der Waals surface area contributed by atoms with Crippen molar-refractivity contribution in [2.45, 2.75) is 58.5 Å². The summed E-state index contributed by atoms with van der Waals surface area (Å²) in [5.74, 6) is -0.781. The Hall–Kier alpha value is -3.36. The molecule has 0 radical (unpaired) electrons. The molecule has 3 aromatic carbocycles. The van der Waals surface area contributed by atoms with Crippen molar-refractivity contribution in [3.8, 4) is 0 Å². The zero-order valence-corrected chi connectivity index (χ0v) is 24.6. The molecule has 0 heterocycles. The van der Waals surface area contributed by atoms with Gasteiger partial charge in [0.05, 0.1) is 10.6 Å². The smallest absolute Gasteiger partial charge is 0.264 e. The molecule has 1 atom stereocenters. The third-order valence-corrected chi connectivity index (χ3v) is 8.55. The van der Waals surface area contributed by atoms with Crippen LogP contribution in [0.4, 0.5) is 5.69 Å². The summed E-state index contributed by atoms with van der Waals surface area (Å²) in [6.07, 6.45) is 0.365. The predicted molar refractivity (Wildman–Crippen MR) is 156 cm³/mol. The minimum Gasteiger partial charge on any atom is -0.355 e. The molecule has 1 N–H and O–H groups in total. The number of sulfonamides is 1. The molecule has 0 fully saturated rings. The number of nitrogens with one attached hydrogen (secondary N) is 1. The molecule has 208 valence electrons. The first kappa shape index (κ1) is 30.2. The Morgan fingerprint density at radius 3 is 2.05 bits per heavy atom. The Labute approximate surface area is 236 Å². The maximum atomic E-state index is 14.0. The first-order chi connectivity index (χ1) is 18.5. The van der Waals surface area contributed by atoms with Crippen molar-refractivity contribution in [2.24, 2.45) is 0 Å². The van der Waals surface area contributed by atoms with Crippen LogP contribution in [0.5, 0.6) is 0 Å². The van der Waals surface area contributed by atoms with Gasteiger partial charge in [-0.3, -0.25) is 13.9 Å². The van der Waals surface area contributed by atoms with E-state index in [9.17, 15) is 18.0 Å². The Morgan fingerprint density at radius 2 is 1.49 bits per heavy atom. The molecule has 0 saturated heterocycles. The van der Waals surface area contributed by atoms with Gasteiger partial charge in [0.1, 0.15) is 12.6 Å². The molecule has 2 amide bonds. The summed E-state index contributed by atoms with van der Waals surface area (Å²) in [5.41, 5.74) is 3.76. The van der Waals surface area contributed by atoms with Crippen LogP contribution in [0.1, 0.15) is 42.5 Å². The standard InChI is InChI=1S/C30H36ClN3O4S/c1-6-27(30(36)32-7-2)33(19-24-13-8-21(3)9-14-24)29(35)20-34(28-18-25(31)15-12-23(28)5)39(37,38)26-16-10-22(4)11-17-26/h8-18,27H,6-7,19-20H2,1-5H3,(H,32,36)/t27-/m1/s1. The van der Waals surface area contributed by atoms with E-state index in [1.165, 1.54) is 17.0 Å². The lowest BCUT2D eigenvalue weighted by Gasteiger charge is -2.33. The predicted octanol–water partition coefficient (Wildman–Crippen LogP) is 5.40. The fraction of sp³-hybridized carbons (Fsp3) is 0.333. The largest absolute Gasteiger partial charge is 0.355 e. The van der Waals surface area contributed by atoms with Gasteiger partial charge in [0.2, 0.25) is 11.8 Å². The van der Waals surface area contributed by atoms with E-state index < -0.39 is 28.5 Å². The number of carbonyl (C=O) groups is 2. The lowest BCUT2D eigenvalue weighted by molar-refractivity contribution is -0.140. The van der Waals surface area contributed by atoms with Crippen molar-refractivity contribution in [2.75, 3.05) is 17.4 Å². The third-order valence-electron chi connectivity index (χ3n) is 6.54. The summed E-state index contributed by atoms with van der Waals surface area (Å²) in [6, 6.07) is 18.3. The summed E-state index contributed by atoms with van der Waals surface area (Å²) < 4.78 is 29.0. The molecule has 0 spiro atoms. The number of anilines is 1. The topological polar surface area (TPSA) is 86.8 Å². The van der Waals surface area contributed by atoms with E-state index in [0.29, 0.717) is 29.2 Å². The van der Waals surface area contributed by atoms with E-state index in [-0.39, 0.29) is 17.3 Å². The molecule has 3 rings (SSSR count).